The van der Waals surface area contributed by atoms with Crippen LogP contribution >= 0.6 is 0 Å². The smallest absolute Gasteiger partial charge is 0.251 e. The number of hydrogen-bond acceptors (Lipinski definition) is 5. The number of amides is 1. The monoisotopic (exact) mass is 796 g/mol. The van der Waals surface area contributed by atoms with Crippen LogP contribution in [0.15, 0.2) is 91.7 Å². The van der Waals surface area contributed by atoms with Gasteiger partial charge in [0.25, 0.3) is 5.91 Å². The number of fused-ring (bicyclic) bond motifs is 4. The molecule has 0 aromatic heterocycles. The van der Waals surface area contributed by atoms with Gasteiger partial charge in [-0.3, -0.25) is 4.79 Å². The van der Waals surface area contributed by atoms with E-state index in [1.807, 2.05) is 71.0 Å². The normalized spacial score (nSPS) is 21.7. The first kappa shape index (κ1) is 50.3. The van der Waals surface area contributed by atoms with Gasteiger partial charge in [0.15, 0.2) is 0 Å². The summed E-state index contributed by atoms with van der Waals surface area (Å²) in [6, 6.07) is 24.8. The first-order valence-corrected chi connectivity index (χ1v) is 22.2. The van der Waals surface area contributed by atoms with Crippen molar-refractivity contribution < 1.29 is 14.3 Å². The van der Waals surface area contributed by atoms with Gasteiger partial charge in [-0.15, -0.1) is 0 Å². The molecule has 6 heteroatoms. The zero-order valence-electron chi connectivity index (χ0n) is 38.8. The maximum atomic E-state index is 12.4. The lowest BCUT2D eigenvalue weighted by Gasteiger charge is -2.43. The standard InChI is InChI=1S/C21H34N2O.C15H15N.C12H20O2.2C2H6/c1-7-8-9-19-10-12-20(13-11-19)21(24)23-18(6)17(5)22-16(4)14-15(2)3;1-11-4-3-5-15(10-11)14-8-6-13(7-9-14)12(2)16;1-11(2)6-8-4-9(11)12(3)10(5-8)13-7-14-12;2*1-2/h10-13,15-16,18,22H,5,7-9,14H2,1-4,6H3,(H,23,24);3-10H,2,16H2,1H3;8-10H,4-7H2,1-3H3;2*1-2H3/t16?,18-;;8?,9?,10?,12-;;/m0.0../s1. The highest BCUT2D eigenvalue weighted by molar-refractivity contribution is 5.94. The summed E-state index contributed by atoms with van der Waals surface area (Å²) >= 11 is 0. The SMILES string of the molecule is C=C(N)c1ccc(-c2cccc(C)c2)cc1.C=C(NC(C)CC(C)C)[C@H](C)NC(=O)c1ccc(CCCC)cc1.CC.CC.CC1(C)CC2CC3OCO[C@@]3(C)C1C2. The summed E-state index contributed by atoms with van der Waals surface area (Å²) in [5, 5.41) is 6.41. The second-order valence-electron chi connectivity index (χ2n) is 17.4. The molecule has 1 aliphatic heterocycles. The highest BCUT2D eigenvalue weighted by atomic mass is 16.7. The molecule has 1 heterocycles. The molecule has 3 aromatic carbocycles. The third-order valence-corrected chi connectivity index (χ3v) is 11.6. The molecule has 3 fully saturated rings. The Balaban J connectivity index is 0.000000297. The fourth-order valence-corrected chi connectivity index (χ4v) is 8.72. The van der Waals surface area contributed by atoms with E-state index in [9.17, 15) is 4.79 Å². The number of ether oxygens (including phenoxy) is 2. The lowest BCUT2D eigenvalue weighted by atomic mass is 9.69. The van der Waals surface area contributed by atoms with Crippen molar-refractivity contribution >= 4 is 11.6 Å². The average molecular weight is 796 g/mol. The van der Waals surface area contributed by atoms with Crippen molar-refractivity contribution in [3.63, 3.8) is 0 Å². The predicted octanol–water partition coefficient (Wildman–Crippen LogP) is 12.9. The van der Waals surface area contributed by atoms with Crippen molar-refractivity contribution in [2.24, 2.45) is 28.9 Å². The average Bonchev–Trinajstić information content (AvgIpc) is 3.72. The van der Waals surface area contributed by atoms with E-state index < -0.39 is 0 Å². The molecule has 1 amide bonds. The summed E-state index contributed by atoms with van der Waals surface area (Å²) < 4.78 is 11.6. The molecule has 3 aromatic rings. The van der Waals surface area contributed by atoms with E-state index in [0.29, 0.717) is 47.5 Å². The van der Waals surface area contributed by atoms with Crippen molar-refractivity contribution in [1.82, 2.24) is 10.6 Å². The Labute approximate surface area is 354 Å². The van der Waals surface area contributed by atoms with E-state index in [1.165, 1.54) is 54.4 Å². The molecular formula is C52H81N3O3. The first-order valence-electron chi connectivity index (χ1n) is 22.2. The molecule has 4 N–H and O–H groups in total. The van der Waals surface area contributed by atoms with Crippen LogP contribution in [0.5, 0.6) is 0 Å². The van der Waals surface area contributed by atoms with Crippen LogP contribution in [0.3, 0.4) is 0 Å². The van der Waals surface area contributed by atoms with Crippen LogP contribution in [0.4, 0.5) is 0 Å². The number of rotatable bonds is 12. The van der Waals surface area contributed by atoms with Crippen LogP contribution in [0.2, 0.25) is 0 Å². The lowest BCUT2D eigenvalue weighted by molar-refractivity contribution is -0.0758. The van der Waals surface area contributed by atoms with Gasteiger partial charge in [-0.1, -0.05) is 148 Å². The zero-order chi connectivity index (χ0) is 43.6. The molecule has 4 unspecified atom stereocenters. The molecule has 2 saturated carbocycles. The number of benzene rings is 3. The summed E-state index contributed by atoms with van der Waals surface area (Å²) in [7, 11) is 0. The molecule has 6 atom stereocenters. The Morgan fingerprint density at radius 1 is 0.862 bits per heavy atom. The van der Waals surface area contributed by atoms with Gasteiger partial charge in [-0.05, 0) is 124 Å². The largest absolute Gasteiger partial charge is 0.399 e. The molecule has 2 aliphatic carbocycles. The van der Waals surface area contributed by atoms with E-state index in [1.54, 1.807) is 0 Å². The van der Waals surface area contributed by atoms with Crippen LogP contribution < -0.4 is 16.4 Å². The number of aryl methyl sites for hydroxylation is 2. The van der Waals surface area contributed by atoms with Crippen LogP contribution in [-0.2, 0) is 15.9 Å². The van der Waals surface area contributed by atoms with Crippen molar-refractivity contribution in [2.75, 3.05) is 6.79 Å². The summed E-state index contributed by atoms with van der Waals surface area (Å²) in [5.41, 5.74) is 14.2. The molecule has 322 valence electrons. The number of unbranched alkanes of at least 4 members (excludes halogenated alkanes) is 1. The van der Waals surface area contributed by atoms with Gasteiger partial charge in [-0.25, -0.2) is 0 Å². The fraction of sp³-hybridized carbons (Fsp3) is 0.558. The number of nitrogens with one attached hydrogen (secondary N) is 2. The van der Waals surface area contributed by atoms with E-state index in [-0.39, 0.29) is 17.6 Å². The van der Waals surface area contributed by atoms with Gasteiger partial charge in [0, 0.05) is 23.0 Å². The molecule has 58 heavy (non-hydrogen) atoms. The third-order valence-electron chi connectivity index (χ3n) is 11.6. The predicted molar refractivity (Wildman–Crippen MR) is 250 cm³/mol. The van der Waals surface area contributed by atoms with Gasteiger partial charge >= 0.3 is 0 Å². The van der Waals surface area contributed by atoms with Gasteiger partial charge < -0.3 is 25.8 Å². The Morgan fingerprint density at radius 3 is 2.05 bits per heavy atom. The van der Waals surface area contributed by atoms with Gasteiger partial charge in [0.1, 0.15) is 6.79 Å². The Bertz CT molecular complexity index is 1680. The van der Waals surface area contributed by atoms with Crippen LogP contribution in [-0.4, -0.2) is 36.5 Å². The summed E-state index contributed by atoms with van der Waals surface area (Å²) in [5.74, 6) is 2.16. The zero-order valence-corrected chi connectivity index (χ0v) is 38.8. The van der Waals surface area contributed by atoms with Gasteiger partial charge in [0.05, 0.1) is 17.7 Å². The summed E-state index contributed by atoms with van der Waals surface area (Å²) in [6.45, 7) is 36.2. The summed E-state index contributed by atoms with van der Waals surface area (Å²) in [6.07, 6.45) is 8.82. The number of carbonyl (C=O) groups is 1. The van der Waals surface area contributed by atoms with E-state index in [4.69, 9.17) is 15.2 Å². The Morgan fingerprint density at radius 2 is 1.48 bits per heavy atom. The van der Waals surface area contributed by atoms with Gasteiger partial charge in [0.2, 0.25) is 0 Å². The molecule has 1 saturated heterocycles. The molecule has 6 nitrogen and oxygen atoms in total. The Hall–Kier alpha value is -3.87. The molecule has 2 bridgehead atoms. The Kier molecular flexibility index (Phi) is 21.0. The maximum absolute atomic E-state index is 12.4. The minimum Gasteiger partial charge on any atom is -0.399 e. The van der Waals surface area contributed by atoms with E-state index >= 15 is 0 Å². The lowest BCUT2D eigenvalue weighted by Crippen LogP contribution is -2.49. The van der Waals surface area contributed by atoms with Crippen molar-refractivity contribution in [1.29, 1.82) is 0 Å². The number of hydrogen-bond donors (Lipinski definition) is 3. The molecule has 6 rings (SSSR count). The molecule has 3 aliphatic rings. The quantitative estimate of drug-likeness (QED) is 0.170. The maximum Gasteiger partial charge on any atom is 0.251 e. The number of nitrogens with two attached hydrogens (primary N) is 1. The van der Waals surface area contributed by atoms with Crippen molar-refractivity contribution in [3.05, 3.63) is 114 Å². The van der Waals surface area contributed by atoms with Crippen LogP contribution in [0.25, 0.3) is 16.8 Å². The second kappa shape index (κ2) is 24.3. The topological polar surface area (TPSA) is 85.6 Å². The molecule has 0 radical (unpaired) electrons. The van der Waals surface area contributed by atoms with Crippen molar-refractivity contribution in [2.45, 2.75) is 159 Å². The fourth-order valence-electron chi connectivity index (χ4n) is 8.72. The minimum absolute atomic E-state index is 0.0104. The van der Waals surface area contributed by atoms with Crippen LogP contribution in [0.1, 0.15) is 149 Å². The summed E-state index contributed by atoms with van der Waals surface area (Å²) in [4.78, 5) is 12.4. The highest BCUT2D eigenvalue weighted by Crippen LogP contribution is 2.60. The number of carbonyl (C=O) groups excluding carboxylic acids is 1. The van der Waals surface area contributed by atoms with E-state index in [0.717, 1.165) is 30.0 Å². The van der Waals surface area contributed by atoms with E-state index in [2.05, 4.69) is 116 Å². The van der Waals surface area contributed by atoms with Gasteiger partial charge in [-0.2, -0.15) is 0 Å². The first-order chi connectivity index (χ1) is 27.5. The molecular weight excluding hydrogens is 715 g/mol. The third kappa shape index (κ3) is 14.7. The second-order valence-corrected chi connectivity index (χ2v) is 17.4. The highest BCUT2D eigenvalue weighted by Gasteiger charge is 2.60. The molecule has 0 spiro atoms. The van der Waals surface area contributed by atoms with Crippen LogP contribution in [0, 0.1) is 30.1 Å². The minimum atomic E-state index is -0.105. The van der Waals surface area contributed by atoms with Crippen molar-refractivity contribution in [3.8, 4) is 11.1 Å².